The van der Waals surface area contributed by atoms with Gasteiger partial charge < -0.3 is 21.1 Å². The van der Waals surface area contributed by atoms with Gasteiger partial charge in [0.25, 0.3) is 0 Å². The molecule has 0 spiro atoms. The Labute approximate surface area is 126 Å². The molecule has 0 unspecified atom stereocenters. The fourth-order valence-electron chi connectivity index (χ4n) is 3.12. The summed E-state index contributed by atoms with van der Waals surface area (Å²) in [5.74, 6) is 0.548. The molecule has 0 bridgehead atoms. The lowest BCUT2D eigenvalue weighted by molar-refractivity contribution is -0.132. The number of amides is 2. The van der Waals surface area contributed by atoms with Crippen molar-refractivity contribution in [3.63, 3.8) is 0 Å². The predicted octanol–water partition coefficient (Wildman–Crippen LogP) is 0.305. The maximum absolute atomic E-state index is 11.8. The van der Waals surface area contributed by atoms with E-state index in [-0.39, 0.29) is 24.0 Å². The quantitative estimate of drug-likeness (QED) is 0.589. The van der Waals surface area contributed by atoms with Crippen LogP contribution < -0.4 is 16.4 Å². The second-order valence-electron chi connectivity index (χ2n) is 6.06. The number of nitrogens with two attached hydrogens (primary N) is 1. The van der Waals surface area contributed by atoms with Gasteiger partial charge in [-0.05, 0) is 31.6 Å². The summed E-state index contributed by atoms with van der Waals surface area (Å²) in [6, 6.07) is 0. The van der Waals surface area contributed by atoms with Crippen molar-refractivity contribution in [2.45, 2.75) is 57.2 Å². The Morgan fingerprint density at radius 3 is 2.43 bits per heavy atom. The average Bonchev–Trinajstić information content (AvgIpc) is 3.14. The van der Waals surface area contributed by atoms with E-state index in [0.717, 1.165) is 12.8 Å². The summed E-state index contributed by atoms with van der Waals surface area (Å²) in [5.41, 5.74) is 5.51. The zero-order valence-corrected chi connectivity index (χ0v) is 12.6. The molecular weight excluding hydrogens is 270 g/mol. The molecule has 21 heavy (non-hydrogen) atoms. The zero-order valence-electron chi connectivity index (χ0n) is 12.6. The largest absolute Gasteiger partial charge is 0.364 e. The summed E-state index contributed by atoms with van der Waals surface area (Å²) >= 11 is 0. The first kappa shape index (κ1) is 16.2. The lowest BCUT2D eigenvalue weighted by atomic mass is 10.0. The third-order valence-corrected chi connectivity index (χ3v) is 4.36. The topological polar surface area (TPSA) is 93.5 Å². The molecule has 0 aromatic rings. The first-order valence-electron chi connectivity index (χ1n) is 8.09. The Balaban J connectivity index is 1.52. The van der Waals surface area contributed by atoms with Crippen LogP contribution in [0.2, 0.25) is 0 Å². The smallest absolute Gasteiger partial charge is 0.249 e. The summed E-state index contributed by atoms with van der Waals surface area (Å²) in [4.78, 5) is 23.6. The fraction of sp³-hybridized carbons (Fsp3) is 0.867. The van der Waals surface area contributed by atoms with E-state index in [0.29, 0.717) is 32.0 Å². The Bertz CT molecular complexity index is 356. The van der Waals surface area contributed by atoms with Gasteiger partial charge in [0.1, 0.15) is 6.10 Å². The van der Waals surface area contributed by atoms with Crippen molar-refractivity contribution in [2.75, 3.05) is 19.6 Å². The third-order valence-electron chi connectivity index (χ3n) is 4.36. The molecular formula is C15H27N3O3. The maximum Gasteiger partial charge on any atom is 0.249 e. The third kappa shape index (κ3) is 5.28. The van der Waals surface area contributed by atoms with Crippen LogP contribution in [0.15, 0.2) is 0 Å². The van der Waals surface area contributed by atoms with E-state index in [2.05, 4.69) is 10.6 Å². The van der Waals surface area contributed by atoms with Crippen LogP contribution in [0, 0.1) is 5.92 Å². The first-order valence-corrected chi connectivity index (χ1v) is 8.09. The molecule has 1 heterocycles. The highest BCUT2D eigenvalue weighted by molar-refractivity contribution is 5.81. The van der Waals surface area contributed by atoms with Gasteiger partial charge in [-0.2, -0.15) is 0 Å². The molecule has 1 saturated heterocycles. The number of carbonyl (C=O) groups excluding carboxylic acids is 2. The van der Waals surface area contributed by atoms with E-state index in [4.69, 9.17) is 10.5 Å². The van der Waals surface area contributed by atoms with Crippen LogP contribution in [0.1, 0.15) is 44.9 Å². The second-order valence-corrected chi connectivity index (χ2v) is 6.06. The molecule has 120 valence electrons. The van der Waals surface area contributed by atoms with Crippen molar-refractivity contribution in [1.29, 1.82) is 0 Å². The van der Waals surface area contributed by atoms with Gasteiger partial charge in [0.15, 0.2) is 0 Å². The molecule has 2 aliphatic rings. The van der Waals surface area contributed by atoms with Crippen molar-refractivity contribution in [1.82, 2.24) is 10.6 Å². The number of hydrogen-bond donors (Lipinski definition) is 3. The van der Waals surface area contributed by atoms with E-state index in [1.807, 2.05) is 0 Å². The van der Waals surface area contributed by atoms with Crippen LogP contribution in [0.25, 0.3) is 0 Å². The minimum absolute atomic E-state index is 0.00636. The number of hydrogen-bond acceptors (Lipinski definition) is 4. The number of rotatable bonds is 7. The minimum Gasteiger partial charge on any atom is -0.364 e. The van der Waals surface area contributed by atoms with Crippen molar-refractivity contribution in [3.05, 3.63) is 0 Å². The lowest BCUT2D eigenvalue weighted by Crippen LogP contribution is -2.40. The molecule has 1 saturated carbocycles. The van der Waals surface area contributed by atoms with Gasteiger partial charge in [-0.1, -0.05) is 12.8 Å². The van der Waals surface area contributed by atoms with E-state index < -0.39 is 0 Å². The van der Waals surface area contributed by atoms with Crippen molar-refractivity contribution < 1.29 is 14.3 Å². The van der Waals surface area contributed by atoms with Crippen molar-refractivity contribution in [3.8, 4) is 0 Å². The monoisotopic (exact) mass is 297 g/mol. The molecule has 2 rings (SSSR count). The second kappa shape index (κ2) is 8.34. The van der Waals surface area contributed by atoms with E-state index in [1.165, 1.54) is 25.7 Å². The van der Waals surface area contributed by atoms with Gasteiger partial charge in [0, 0.05) is 26.1 Å². The van der Waals surface area contributed by atoms with Gasteiger partial charge in [-0.25, -0.2) is 0 Å². The average molecular weight is 297 g/mol. The molecule has 4 N–H and O–H groups in total. The van der Waals surface area contributed by atoms with E-state index >= 15 is 0 Å². The number of nitrogens with one attached hydrogen (secondary N) is 2. The van der Waals surface area contributed by atoms with Crippen LogP contribution >= 0.6 is 0 Å². The van der Waals surface area contributed by atoms with Crippen LogP contribution in [0.4, 0.5) is 0 Å². The lowest BCUT2D eigenvalue weighted by Gasteiger charge is -2.13. The normalized spacial score (nSPS) is 26.0. The molecule has 0 aromatic heterocycles. The van der Waals surface area contributed by atoms with Crippen molar-refractivity contribution in [2.24, 2.45) is 11.7 Å². The highest BCUT2D eigenvalue weighted by atomic mass is 16.5. The Morgan fingerprint density at radius 1 is 1.05 bits per heavy atom. The van der Waals surface area contributed by atoms with Crippen molar-refractivity contribution >= 4 is 11.8 Å². The molecule has 0 aromatic carbocycles. The maximum atomic E-state index is 11.8. The van der Waals surface area contributed by atoms with Gasteiger partial charge in [-0.3, -0.25) is 9.59 Å². The minimum atomic E-state index is -0.382. The van der Waals surface area contributed by atoms with Crippen LogP contribution in [-0.4, -0.2) is 43.7 Å². The molecule has 6 heteroatoms. The van der Waals surface area contributed by atoms with Crippen LogP contribution in [0.3, 0.4) is 0 Å². The van der Waals surface area contributed by atoms with E-state index in [9.17, 15) is 9.59 Å². The Morgan fingerprint density at radius 2 is 1.76 bits per heavy atom. The summed E-state index contributed by atoms with van der Waals surface area (Å²) < 4.78 is 5.51. The first-order chi connectivity index (χ1) is 10.2. The Kier molecular flexibility index (Phi) is 6.45. The summed E-state index contributed by atoms with van der Waals surface area (Å²) in [6.07, 6.45) is 6.65. The fourth-order valence-corrected chi connectivity index (χ4v) is 3.12. The molecule has 6 nitrogen and oxygen atoms in total. The predicted molar refractivity (Wildman–Crippen MR) is 79.5 cm³/mol. The molecule has 1 aliphatic heterocycles. The highest BCUT2D eigenvalue weighted by Gasteiger charge is 2.29. The Hall–Kier alpha value is -1.14. The van der Waals surface area contributed by atoms with Gasteiger partial charge in [0.05, 0.1) is 6.10 Å². The van der Waals surface area contributed by atoms with Gasteiger partial charge in [0.2, 0.25) is 11.8 Å². The van der Waals surface area contributed by atoms with E-state index in [1.54, 1.807) is 0 Å². The molecule has 0 radical (unpaired) electrons. The SMILES string of the molecule is NC[C@H]1CC[C@@H](C(=O)NCCNC(=O)CC2CCCC2)O1. The van der Waals surface area contributed by atoms with Gasteiger partial charge >= 0.3 is 0 Å². The highest BCUT2D eigenvalue weighted by Crippen LogP contribution is 2.27. The number of ether oxygens (including phenoxy) is 1. The zero-order chi connectivity index (χ0) is 15.1. The molecule has 2 atom stereocenters. The molecule has 1 aliphatic carbocycles. The summed E-state index contributed by atoms with van der Waals surface area (Å²) in [7, 11) is 0. The molecule has 2 fully saturated rings. The standard InChI is InChI=1S/C15H27N3O3/c16-10-12-5-6-13(21-12)15(20)18-8-7-17-14(19)9-11-3-1-2-4-11/h11-13H,1-10,16H2,(H,17,19)(H,18,20)/t12-,13+/m1/s1. The summed E-state index contributed by atoms with van der Waals surface area (Å²) in [5, 5.41) is 5.66. The van der Waals surface area contributed by atoms with Gasteiger partial charge in [-0.15, -0.1) is 0 Å². The van der Waals surface area contributed by atoms with Crippen LogP contribution in [-0.2, 0) is 14.3 Å². The van der Waals surface area contributed by atoms with Crippen LogP contribution in [0.5, 0.6) is 0 Å². The summed E-state index contributed by atoms with van der Waals surface area (Å²) in [6.45, 7) is 1.38. The molecule has 2 amide bonds. The number of carbonyl (C=O) groups is 2.